The lowest BCUT2D eigenvalue weighted by atomic mass is 9.92. The van der Waals surface area contributed by atoms with Crippen LogP contribution in [0.3, 0.4) is 0 Å². The summed E-state index contributed by atoms with van der Waals surface area (Å²) in [5.41, 5.74) is 3.98. The molecular formula is C21H21FN2O3. The maximum atomic E-state index is 13.5. The number of nitrogens with one attached hydrogen (secondary N) is 1. The third kappa shape index (κ3) is 3.06. The molecule has 1 atom stereocenters. The minimum absolute atomic E-state index is 0.0150. The fourth-order valence-corrected chi connectivity index (χ4v) is 3.86. The normalized spacial score (nSPS) is 16.4. The molecule has 5 nitrogen and oxygen atoms in total. The van der Waals surface area contributed by atoms with Gasteiger partial charge in [0.15, 0.2) is 0 Å². The highest BCUT2D eigenvalue weighted by Crippen LogP contribution is 2.39. The number of carbonyl (C=O) groups excluding carboxylic acids is 1. The van der Waals surface area contributed by atoms with E-state index in [1.165, 1.54) is 24.8 Å². The van der Waals surface area contributed by atoms with E-state index in [0.717, 1.165) is 34.3 Å². The Morgan fingerprint density at radius 3 is 2.70 bits per heavy atom. The highest BCUT2D eigenvalue weighted by molar-refractivity contribution is 5.88. The van der Waals surface area contributed by atoms with Gasteiger partial charge in [-0.1, -0.05) is 12.1 Å². The van der Waals surface area contributed by atoms with Crippen LogP contribution in [-0.4, -0.2) is 43.2 Å². The Labute approximate surface area is 156 Å². The van der Waals surface area contributed by atoms with Crippen LogP contribution in [0.4, 0.5) is 4.39 Å². The average molecular weight is 368 g/mol. The minimum atomic E-state index is -0.310. The number of benzene rings is 2. The van der Waals surface area contributed by atoms with Gasteiger partial charge in [-0.3, -0.25) is 4.79 Å². The molecular weight excluding hydrogens is 347 g/mol. The molecule has 1 amide bonds. The van der Waals surface area contributed by atoms with Gasteiger partial charge in [0, 0.05) is 30.3 Å². The zero-order valence-corrected chi connectivity index (χ0v) is 15.3. The molecule has 0 unspecified atom stereocenters. The van der Waals surface area contributed by atoms with Gasteiger partial charge in [-0.25, -0.2) is 4.39 Å². The van der Waals surface area contributed by atoms with Crippen molar-refractivity contribution >= 4 is 16.8 Å². The third-order valence-corrected chi connectivity index (χ3v) is 5.11. The van der Waals surface area contributed by atoms with Crippen molar-refractivity contribution in [3.8, 4) is 5.75 Å². The molecule has 0 bridgehead atoms. The van der Waals surface area contributed by atoms with Crippen molar-refractivity contribution in [2.45, 2.75) is 12.5 Å². The summed E-state index contributed by atoms with van der Waals surface area (Å²) >= 11 is 0. The number of aromatic nitrogens is 1. The maximum Gasteiger partial charge on any atom is 0.249 e. The smallest absolute Gasteiger partial charge is 0.249 e. The lowest BCUT2D eigenvalue weighted by Crippen LogP contribution is -2.42. The van der Waals surface area contributed by atoms with Crippen LogP contribution in [0, 0.1) is 5.82 Å². The van der Waals surface area contributed by atoms with Crippen molar-refractivity contribution < 1.29 is 18.7 Å². The first-order valence-electron chi connectivity index (χ1n) is 8.84. The maximum absolute atomic E-state index is 13.5. The molecule has 1 aliphatic heterocycles. The molecule has 0 fully saturated rings. The summed E-state index contributed by atoms with van der Waals surface area (Å²) in [4.78, 5) is 17.9. The molecule has 1 N–H and O–H groups in total. The number of nitrogens with zero attached hydrogens (tertiary/aromatic N) is 1. The number of carbonyl (C=O) groups is 1. The van der Waals surface area contributed by atoms with Crippen LogP contribution in [0.1, 0.15) is 22.9 Å². The Morgan fingerprint density at radius 2 is 2.00 bits per heavy atom. The molecule has 0 aliphatic carbocycles. The minimum Gasteiger partial charge on any atom is -0.497 e. The monoisotopic (exact) mass is 368 g/mol. The van der Waals surface area contributed by atoms with Crippen LogP contribution >= 0.6 is 0 Å². The van der Waals surface area contributed by atoms with Crippen molar-refractivity contribution in [3.63, 3.8) is 0 Å². The number of ether oxygens (including phenoxy) is 2. The second-order valence-electron chi connectivity index (χ2n) is 6.65. The number of fused-ring (bicyclic) bond motifs is 3. The second-order valence-corrected chi connectivity index (χ2v) is 6.65. The van der Waals surface area contributed by atoms with Crippen LogP contribution in [-0.2, 0) is 16.0 Å². The predicted octanol–water partition coefficient (Wildman–Crippen LogP) is 3.44. The number of hydrogen-bond donors (Lipinski definition) is 1. The highest BCUT2D eigenvalue weighted by Gasteiger charge is 2.34. The summed E-state index contributed by atoms with van der Waals surface area (Å²) in [5.74, 6) is 0.403. The van der Waals surface area contributed by atoms with Gasteiger partial charge in [-0.15, -0.1) is 0 Å². The standard InChI is InChI=1S/C21H21FN2O3/c1-26-12-19(25)24-10-9-16-17-11-15(27-2)7-8-18(17)23-20(16)21(24)13-3-5-14(22)6-4-13/h3-8,11,21,23H,9-10,12H2,1-2H3/t21-/m1/s1. The van der Waals surface area contributed by atoms with E-state index in [4.69, 9.17) is 9.47 Å². The van der Waals surface area contributed by atoms with Gasteiger partial charge in [0.05, 0.1) is 13.2 Å². The Bertz CT molecular complexity index is 981. The van der Waals surface area contributed by atoms with Gasteiger partial charge in [-0.05, 0) is 47.9 Å². The number of amides is 1. The lowest BCUT2D eigenvalue weighted by Gasteiger charge is -2.36. The van der Waals surface area contributed by atoms with Gasteiger partial charge in [0.1, 0.15) is 18.2 Å². The van der Waals surface area contributed by atoms with Gasteiger partial charge in [-0.2, -0.15) is 0 Å². The SMILES string of the molecule is COCC(=O)N1CCc2c([nH]c3ccc(OC)cc23)[C@H]1c1ccc(F)cc1. The number of methoxy groups -OCH3 is 2. The molecule has 27 heavy (non-hydrogen) atoms. The van der Waals surface area contributed by atoms with Crippen LogP contribution in [0.25, 0.3) is 10.9 Å². The first kappa shape index (κ1) is 17.5. The summed E-state index contributed by atoms with van der Waals surface area (Å²) in [6, 6.07) is 11.9. The molecule has 0 saturated heterocycles. The van der Waals surface area contributed by atoms with Crippen molar-refractivity contribution in [1.29, 1.82) is 0 Å². The fourth-order valence-electron chi connectivity index (χ4n) is 3.86. The van der Waals surface area contributed by atoms with Crippen LogP contribution in [0.2, 0.25) is 0 Å². The number of H-pyrrole nitrogens is 1. The Kier molecular flexibility index (Phi) is 4.58. The van der Waals surface area contributed by atoms with Crippen molar-refractivity contribution in [1.82, 2.24) is 9.88 Å². The lowest BCUT2D eigenvalue weighted by molar-refractivity contribution is -0.137. The predicted molar refractivity (Wildman–Crippen MR) is 100 cm³/mol. The van der Waals surface area contributed by atoms with Gasteiger partial charge in [0.25, 0.3) is 0 Å². The van der Waals surface area contributed by atoms with E-state index >= 15 is 0 Å². The van der Waals surface area contributed by atoms with Gasteiger partial charge >= 0.3 is 0 Å². The van der Waals surface area contributed by atoms with Crippen LogP contribution in [0.5, 0.6) is 5.75 Å². The molecule has 1 aromatic heterocycles. The zero-order chi connectivity index (χ0) is 19.0. The van der Waals surface area contributed by atoms with E-state index in [1.54, 1.807) is 24.1 Å². The summed E-state index contributed by atoms with van der Waals surface area (Å²) in [6.45, 7) is 0.586. The highest BCUT2D eigenvalue weighted by atomic mass is 19.1. The summed E-state index contributed by atoms with van der Waals surface area (Å²) in [5, 5.41) is 1.09. The molecule has 2 heterocycles. The van der Waals surface area contributed by atoms with E-state index in [9.17, 15) is 9.18 Å². The quantitative estimate of drug-likeness (QED) is 0.768. The molecule has 0 saturated carbocycles. The van der Waals surface area contributed by atoms with E-state index in [2.05, 4.69) is 4.98 Å². The molecule has 4 rings (SSSR count). The van der Waals surface area contributed by atoms with Crippen LogP contribution in [0.15, 0.2) is 42.5 Å². The average Bonchev–Trinajstić information content (AvgIpc) is 3.06. The molecule has 1 aliphatic rings. The summed E-state index contributed by atoms with van der Waals surface area (Å²) < 4.78 is 23.9. The number of hydrogen-bond acceptors (Lipinski definition) is 3. The summed E-state index contributed by atoms with van der Waals surface area (Å²) in [6.07, 6.45) is 0.732. The zero-order valence-electron chi connectivity index (χ0n) is 15.3. The van der Waals surface area contributed by atoms with E-state index < -0.39 is 0 Å². The van der Waals surface area contributed by atoms with E-state index in [0.29, 0.717) is 6.54 Å². The van der Waals surface area contributed by atoms with Crippen molar-refractivity contribution in [3.05, 3.63) is 65.1 Å². The molecule has 2 aromatic carbocycles. The number of aromatic amines is 1. The Morgan fingerprint density at radius 1 is 1.22 bits per heavy atom. The Balaban J connectivity index is 1.87. The largest absolute Gasteiger partial charge is 0.497 e. The molecule has 6 heteroatoms. The van der Waals surface area contributed by atoms with Crippen LogP contribution < -0.4 is 4.74 Å². The third-order valence-electron chi connectivity index (χ3n) is 5.11. The summed E-state index contributed by atoms with van der Waals surface area (Å²) in [7, 11) is 3.15. The van der Waals surface area contributed by atoms with Gasteiger partial charge in [0.2, 0.25) is 5.91 Å². The molecule has 140 valence electrons. The molecule has 0 radical (unpaired) electrons. The fraction of sp³-hybridized carbons (Fsp3) is 0.286. The molecule has 3 aromatic rings. The number of halogens is 1. The second kappa shape index (κ2) is 7.04. The molecule has 0 spiro atoms. The Hall–Kier alpha value is -2.86. The first-order chi connectivity index (χ1) is 13.1. The van der Waals surface area contributed by atoms with E-state index in [-0.39, 0.29) is 24.4 Å². The van der Waals surface area contributed by atoms with Crippen molar-refractivity contribution in [2.24, 2.45) is 0 Å². The van der Waals surface area contributed by atoms with Gasteiger partial charge < -0.3 is 19.4 Å². The first-order valence-corrected chi connectivity index (χ1v) is 8.84. The van der Waals surface area contributed by atoms with E-state index in [1.807, 2.05) is 18.2 Å². The number of rotatable bonds is 4. The van der Waals surface area contributed by atoms with Crippen molar-refractivity contribution in [2.75, 3.05) is 27.4 Å². The topological polar surface area (TPSA) is 54.6 Å².